The minimum Gasteiger partial charge on any atom is -0.348 e. The Balaban J connectivity index is 1.63. The molecule has 1 aliphatic heterocycles. The molecule has 1 unspecified atom stereocenters. The largest absolute Gasteiger partial charge is 0.416 e. The first-order valence-corrected chi connectivity index (χ1v) is 11.6. The molecular formula is C26H22F3N5O3. The van der Waals surface area contributed by atoms with Gasteiger partial charge in [0.15, 0.2) is 5.78 Å². The van der Waals surface area contributed by atoms with Gasteiger partial charge in [-0.2, -0.15) is 18.4 Å². The Kier molecular flexibility index (Phi) is 5.79. The van der Waals surface area contributed by atoms with Crippen LogP contribution in [0.2, 0.25) is 0 Å². The van der Waals surface area contributed by atoms with Crippen LogP contribution in [0.15, 0.2) is 53.7 Å². The summed E-state index contributed by atoms with van der Waals surface area (Å²) in [5.74, 6) is -0.755. The lowest BCUT2D eigenvalue weighted by Crippen LogP contribution is -2.48. The minimum atomic E-state index is -4.61. The number of benzene rings is 2. The molecule has 1 fully saturated rings. The molecule has 0 spiro atoms. The number of carbonyl (C=O) groups is 3. The number of nitrogens with one attached hydrogen (secondary N) is 1. The zero-order chi connectivity index (χ0) is 26.6. The fourth-order valence-corrected chi connectivity index (χ4v) is 4.92. The van der Waals surface area contributed by atoms with Gasteiger partial charge in [0, 0.05) is 42.4 Å². The van der Waals surface area contributed by atoms with E-state index in [1.165, 1.54) is 42.3 Å². The van der Waals surface area contributed by atoms with Gasteiger partial charge in [0.1, 0.15) is 0 Å². The van der Waals surface area contributed by atoms with Crippen LogP contribution < -0.4 is 16.0 Å². The maximum Gasteiger partial charge on any atom is 0.416 e. The van der Waals surface area contributed by atoms with E-state index in [0.29, 0.717) is 17.7 Å². The number of hydrogen-bond donors (Lipinski definition) is 2. The van der Waals surface area contributed by atoms with E-state index in [9.17, 15) is 32.8 Å². The van der Waals surface area contributed by atoms with Gasteiger partial charge in [0.2, 0.25) is 0 Å². The number of nitrogens with two attached hydrogens (primary N) is 1. The van der Waals surface area contributed by atoms with Crippen molar-refractivity contribution < 1.29 is 27.6 Å². The van der Waals surface area contributed by atoms with Crippen LogP contribution in [0.1, 0.15) is 52.4 Å². The molecule has 3 atom stereocenters. The normalized spacial score (nSPS) is 23.2. The number of alkyl halides is 3. The van der Waals surface area contributed by atoms with E-state index < -0.39 is 29.7 Å². The van der Waals surface area contributed by atoms with Gasteiger partial charge in [-0.1, -0.05) is 12.1 Å². The quantitative estimate of drug-likeness (QED) is 0.652. The van der Waals surface area contributed by atoms with Crippen molar-refractivity contribution in [1.82, 2.24) is 10.2 Å². The first-order chi connectivity index (χ1) is 17.5. The molecule has 3 amide bonds. The second-order valence-corrected chi connectivity index (χ2v) is 9.36. The fraction of sp³-hybridized carbons (Fsp3) is 0.308. The Morgan fingerprint density at radius 1 is 1.16 bits per heavy atom. The lowest BCUT2D eigenvalue weighted by atomic mass is 9.89. The molecular weight excluding hydrogens is 487 g/mol. The molecule has 1 saturated carbocycles. The van der Waals surface area contributed by atoms with Crippen LogP contribution in [-0.4, -0.2) is 41.8 Å². The van der Waals surface area contributed by atoms with Gasteiger partial charge in [-0.25, -0.2) is 4.79 Å². The van der Waals surface area contributed by atoms with Crippen LogP contribution >= 0.6 is 0 Å². The van der Waals surface area contributed by atoms with Gasteiger partial charge in [-0.3, -0.25) is 14.5 Å². The number of allylic oxidation sites excluding steroid dienone is 1. The number of amides is 3. The standard InChI is InChI=1S/C26H22F3N5O3/c1-33-23(16-6-5-13(12-30)9-17(16)24(36)32-19-11-18(19)31)22-20(7-8-21(22)35)34(25(33)37)15-4-2-3-14(10-15)26(27,28)29/h2-6,9-10,18-19,23H,7-8,11,31H2,1H3,(H,32,36)/t18-,19-,23?/m0/s1. The predicted octanol–water partition coefficient (Wildman–Crippen LogP) is 3.64. The number of carbonyl (C=O) groups excluding carboxylic acids is 3. The predicted molar refractivity (Wildman–Crippen MR) is 126 cm³/mol. The fourth-order valence-electron chi connectivity index (χ4n) is 4.92. The van der Waals surface area contributed by atoms with E-state index in [4.69, 9.17) is 5.73 Å². The lowest BCUT2D eigenvalue weighted by Gasteiger charge is -2.41. The van der Waals surface area contributed by atoms with E-state index in [2.05, 4.69) is 5.32 Å². The van der Waals surface area contributed by atoms with E-state index in [0.717, 1.165) is 17.0 Å². The lowest BCUT2D eigenvalue weighted by molar-refractivity contribution is -0.137. The monoisotopic (exact) mass is 509 g/mol. The van der Waals surface area contributed by atoms with E-state index in [1.807, 2.05) is 6.07 Å². The molecule has 2 aromatic carbocycles. The second-order valence-electron chi connectivity index (χ2n) is 9.36. The summed E-state index contributed by atoms with van der Waals surface area (Å²) in [6.07, 6.45) is -3.76. The Morgan fingerprint density at radius 2 is 1.89 bits per heavy atom. The third-order valence-corrected chi connectivity index (χ3v) is 6.93. The van der Waals surface area contributed by atoms with Crippen molar-refractivity contribution in [2.75, 3.05) is 11.9 Å². The number of rotatable bonds is 4. The molecule has 37 heavy (non-hydrogen) atoms. The molecule has 2 aromatic rings. The van der Waals surface area contributed by atoms with Crippen molar-refractivity contribution in [2.45, 2.75) is 43.6 Å². The molecule has 190 valence electrons. The third kappa shape index (κ3) is 4.23. The summed E-state index contributed by atoms with van der Waals surface area (Å²) >= 11 is 0. The number of hydrogen-bond acceptors (Lipinski definition) is 5. The van der Waals surface area contributed by atoms with Crippen molar-refractivity contribution in [3.63, 3.8) is 0 Å². The number of nitrogens with zero attached hydrogens (tertiary/aromatic N) is 3. The average Bonchev–Trinajstić information content (AvgIpc) is 3.43. The van der Waals surface area contributed by atoms with Crippen molar-refractivity contribution in [3.8, 4) is 6.07 Å². The van der Waals surface area contributed by atoms with Crippen molar-refractivity contribution in [1.29, 1.82) is 5.26 Å². The second kappa shape index (κ2) is 8.74. The van der Waals surface area contributed by atoms with Crippen molar-refractivity contribution in [3.05, 3.63) is 76.0 Å². The van der Waals surface area contributed by atoms with Gasteiger partial charge in [-0.15, -0.1) is 0 Å². The van der Waals surface area contributed by atoms with Gasteiger partial charge in [-0.05, 0) is 48.7 Å². The van der Waals surface area contributed by atoms with Crippen LogP contribution in [-0.2, 0) is 11.0 Å². The first kappa shape index (κ1) is 24.5. The number of likely N-dealkylation sites (N-methyl/N-ethyl adjacent to an activating group) is 1. The minimum absolute atomic E-state index is 0.00663. The Morgan fingerprint density at radius 3 is 2.54 bits per heavy atom. The maximum atomic E-state index is 13.6. The number of halogens is 3. The molecule has 0 aromatic heterocycles. The highest BCUT2D eigenvalue weighted by atomic mass is 19.4. The van der Waals surface area contributed by atoms with E-state index in [1.54, 1.807) is 0 Å². The summed E-state index contributed by atoms with van der Waals surface area (Å²) in [4.78, 5) is 42.3. The van der Waals surface area contributed by atoms with Crippen molar-refractivity contribution >= 4 is 23.4 Å². The molecule has 8 nitrogen and oxygen atoms in total. The summed E-state index contributed by atoms with van der Waals surface area (Å²) in [5, 5.41) is 12.2. The zero-order valence-corrected chi connectivity index (χ0v) is 19.7. The summed E-state index contributed by atoms with van der Waals surface area (Å²) in [6, 6.07) is 8.81. The molecule has 0 radical (unpaired) electrons. The molecule has 11 heteroatoms. The third-order valence-electron chi connectivity index (χ3n) is 6.93. The number of nitriles is 1. The molecule has 5 rings (SSSR count). The molecule has 3 N–H and O–H groups in total. The zero-order valence-electron chi connectivity index (χ0n) is 19.7. The van der Waals surface area contributed by atoms with Gasteiger partial charge < -0.3 is 16.0 Å². The summed E-state index contributed by atoms with van der Waals surface area (Å²) < 4.78 is 40.1. The van der Waals surface area contributed by atoms with Crippen LogP contribution in [0.25, 0.3) is 0 Å². The van der Waals surface area contributed by atoms with Gasteiger partial charge in [0.25, 0.3) is 5.91 Å². The molecule has 0 bridgehead atoms. The van der Waals surface area contributed by atoms with Crippen LogP contribution in [0.4, 0.5) is 23.7 Å². The Hall–Kier alpha value is -4.17. The van der Waals surface area contributed by atoms with E-state index in [-0.39, 0.29) is 53.1 Å². The number of urea groups is 1. The first-order valence-electron chi connectivity index (χ1n) is 11.6. The van der Waals surface area contributed by atoms with E-state index >= 15 is 0 Å². The number of anilines is 1. The molecule has 2 aliphatic carbocycles. The van der Waals surface area contributed by atoms with Gasteiger partial charge in [0.05, 0.1) is 28.9 Å². The maximum absolute atomic E-state index is 13.6. The Bertz CT molecular complexity index is 1410. The highest BCUT2D eigenvalue weighted by Gasteiger charge is 2.46. The van der Waals surface area contributed by atoms with Crippen LogP contribution in [0, 0.1) is 11.3 Å². The van der Waals surface area contributed by atoms with Gasteiger partial charge >= 0.3 is 12.2 Å². The number of Topliss-reactive ketones (excluding diaryl/α,β-unsaturated/α-hetero) is 1. The topological polar surface area (TPSA) is 120 Å². The Labute approximate surface area is 210 Å². The summed E-state index contributed by atoms with van der Waals surface area (Å²) in [5.41, 5.74) is 6.12. The number of ketones is 1. The molecule has 1 heterocycles. The SMILES string of the molecule is CN1C(=O)N(c2cccc(C(F)(F)F)c2)C2=C(C(=O)CC2)C1c1ccc(C#N)cc1C(=O)N[C@H]1C[C@@H]1N. The highest BCUT2D eigenvalue weighted by Crippen LogP contribution is 2.45. The van der Waals surface area contributed by atoms with Crippen LogP contribution in [0.3, 0.4) is 0 Å². The molecule has 0 saturated heterocycles. The smallest absolute Gasteiger partial charge is 0.348 e. The summed E-state index contributed by atoms with van der Waals surface area (Å²) in [6.45, 7) is 0. The molecule has 3 aliphatic rings. The van der Waals surface area contributed by atoms with Crippen LogP contribution in [0.5, 0.6) is 0 Å². The highest BCUT2D eigenvalue weighted by molar-refractivity contribution is 6.09. The summed E-state index contributed by atoms with van der Waals surface area (Å²) in [7, 11) is 1.43. The van der Waals surface area contributed by atoms with Crippen molar-refractivity contribution in [2.24, 2.45) is 5.73 Å². The average molecular weight is 509 g/mol.